The van der Waals surface area contributed by atoms with Crippen LogP contribution < -0.4 is 0 Å². The van der Waals surface area contributed by atoms with E-state index < -0.39 is 0 Å². The van der Waals surface area contributed by atoms with Crippen molar-refractivity contribution in [3.05, 3.63) is 35.0 Å². The number of likely N-dealkylation sites (N-methyl/N-ethyl adjacent to an activating group) is 1. The fourth-order valence-corrected chi connectivity index (χ4v) is 3.12. The summed E-state index contributed by atoms with van der Waals surface area (Å²) < 4.78 is 2.36. The van der Waals surface area contributed by atoms with E-state index in [0.717, 1.165) is 26.1 Å². The van der Waals surface area contributed by atoms with Crippen molar-refractivity contribution >= 4 is 10.9 Å². The molecule has 0 spiro atoms. The van der Waals surface area contributed by atoms with Crippen LogP contribution in [0.25, 0.3) is 10.9 Å². The van der Waals surface area contributed by atoms with Gasteiger partial charge in [0.1, 0.15) is 0 Å². The maximum Gasteiger partial charge on any atom is 0.0640 e. The van der Waals surface area contributed by atoms with Crippen molar-refractivity contribution in [2.75, 3.05) is 13.6 Å². The van der Waals surface area contributed by atoms with Crippen LogP contribution in [0, 0.1) is 18.3 Å². The maximum absolute atomic E-state index is 8.86. The predicted octanol–water partition coefficient (Wildman–Crippen LogP) is 2.85. The summed E-state index contributed by atoms with van der Waals surface area (Å²) >= 11 is 0. The Morgan fingerprint density at radius 3 is 3.00 bits per heavy atom. The van der Waals surface area contributed by atoms with Gasteiger partial charge < -0.3 is 9.47 Å². The molecule has 1 aromatic carbocycles. The second kappa shape index (κ2) is 4.71. The van der Waals surface area contributed by atoms with Crippen LogP contribution in [-0.2, 0) is 19.5 Å². The van der Waals surface area contributed by atoms with Gasteiger partial charge in [-0.3, -0.25) is 0 Å². The van der Waals surface area contributed by atoms with Crippen LogP contribution in [0.4, 0.5) is 0 Å². The number of aromatic nitrogens is 1. The molecule has 98 valence electrons. The Kier molecular flexibility index (Phi) is 3.04. The van der Waals surface area contributed by atoms with Crippen LogP contribution in [0.15, 0.2) is 18.2 Å². The van der Waals surface area contributed by atoms with Gasteiger partial charge in [0.25, 0.3) is 0 Å². The Labute approximate surface area is 114 Å². The zero-order chi connectivity index (χ0) is 13.4. The number of nitriles is 1. The minimum absolute atomic E-state index is 0.583. The number of aryl methyl sites for hydroxylation is 2. The zero-order valence-electron chi connectivity index (χ0n) is 11.6. The lowest BCUT2D eigenvalue weighted by Crippen LogP contribution is -2.27. The Hall–Kier alpha value is -1.79. The summed E-state index contributed by atoms with van der Waals surface area (Å²) in [4.78, 5) is 2.37. The van der Waals surface area contributed by atoms with Gasteiger partial charge >= 0.3 is 0 Å². The largest absolute Gasteiger partial charge is 0.343 e. The molecule has 0 amide bonds. The molecule has 0 saturated carbocycles. The van der Waals surface area contributed by atoms with E-state index in [1.165, 1.54) is 27.7 Å². The summed E-state index contributed by atoms with van der Waals surface area (Å²) in [6.45, 7) is 5.09. The van der Waals surface area contributed by atoms with E-state index in [9.17, 15) is 0 Å². The van der Waals surface area contributed by atoms with Gasteiger partial charge in [0.2, 0.25) is 0 Å². The lowest BCUT2D eigenvalue weighted by Gasteiger charge is -2.24. The average Bonchev–Trinajstić information content (AvgIpc) is 2.69. The monoisotopic (exact) mass is 253 g/mol. The average molecular weight is 253 g/mol. The molecule has 0 fully saturated rings. The van der Waals surface area contributed by atoms with Crippen molar-refractivity contribution in [1.82, 2.24) is 9.47 Å². The van der Waals surface area contributed by atoms with Crippen molar-refractivity contribution in [3.8, 4) is 6.07 Å². The molecule has 19 heavy (non-hydrogen) atoms. The van der Waals surface area contributed by atoms with Crippen LogP contribution in [0.2, 0.25) is 0 Å². The third-order valence-corrected chi connectivity index (χ3v) is 4.05. The van der Waals surface area contributed by atoms with Crippen molar-refractivity contribution < 1.29 is 0 Å². The fourth-order valence-electron chi connectivity index (χ4n) is 3.12. The lowest BCUT2D eigenvalue weighted by molar-refractivity contribution is 0.309. The maximum atomic E-state index is 8.86. The van der Waals surface area contributed by atoms with Gasteiger partial charge in [0.15, 0.2) is 0 Å². The normalized spacial score (nSPS) is 15.4. The minimum atomic E-state index is 0.583. The number of hydrogen-bond acceptors (Lipinski definition) is 2. The Morgan fingerprint density at radius 2 is 2.21 bits per heavy atom. The van der Waals surface area contributed by atoms with E-state index in [1.54, 1.807) is 0 Å². The van der Waals surface area contributed by atoms with E-state index in [0.29, 0.717) is 6.42 Å². The molecule has 0 saturated heterocycles. The molecular weight excluding hydrogens is 234 g/mol. The molecule has 3 nitrogen and oxygen atoms in total. The number of nitrogens with zero attached hydrogens (tertiary/aromatic N) is 3. The first-order valence-electron chi connectivity index (χ1n) is 6.87. The minimum Gasteiger partial charge on any atom is -0.343 e. The second-order valence-corrected chi connectivity index (χ2v) is 5.49. The van der Waals surface area contributed by atoms with E-state index >= 15 is 0 Å². The molecule has 0 atom stereocenters. The van der Waals surface area contributed by atoms with Gasteiger partial charge in [0, 0.05) is 42.7 Å². The van der Waals surface area contributed by atoms with E-state index in [4.69, 9.17) is 5.26 Å². The summed E-state index contributed by atoms with van der Waals surface area (Å²) in [5, 5.41) is 10.2. The van der Waals surface area contributed by atoms with E-state index in [-0.39, 0.29) is 0 Å². The highest BCUT2D eigenvalue weighted by Crippen LogP contribution is 2.31. The summed E-state index contributed by atoms with van der Waals surface area (Å²) in [6.07, 6.45) is 1.67. The molecule has 1 aromatic heterocycles. The Morgan fingerprint density at radius 1 is 1.37 bits per heavy atom. The molecule has 2 heterocycles. The predicted molar refractivity (Wildman–Crippen MR) is 76.9 cm³/mol. The van der Waals surface area contributed by atoms with Crippen LogP contribution in [0.1, 0.15) is 23.2 Å². The molecule has 0 radical (unpaired) electrons. The standard InChI is InChI=1S/C16H19N3/c1-12-4-5-15-13(10-12)14-11-18(2)9-6-16(14)19(15)8-3-7-17/h4-5,10H,3,6,8-9,11H2,1-2H3. The Bertz CT molecular complexity index is 661. The lowest BCUT2D eigenvalue weighted by atomic mass is 10.0. The smallest absolute Gasteiger partial charge is 0.0640 e. The quantitative estimate of drug-likeness (QED) is 0.824. The molecule has 0 aliphatic carbocycles. The van der Waals surface area contributed by atoms with Gasteiger partial charge in [-0.1, -0.05) is 11.6 Å². The van der Waals surface area contributed by atoms with Gasteiger partial charge in [-0.25, -0.2) is 0 Å². The third kappa shape index (κ3) is 2.02. The van der Waals surface area contributed by atoms with Crippen molar-refractivity contribution in [3.63, 3.8) is 0 Å². The van der Waals surface area contributed by atoms with Crippen molar-refractivity contribution in [2.45, 2.75) is 32.9 Å². The van der Waals surface area contributed by atoms with Gasteiger partial charge in [-0.05, 0) is 31.7 Å². The fraction of sp³-hybridized carbons (Fsp3) is 0.438. The first-order valence-corrected chi connectivity index (χ1v) is 6.87. The van der Waals surface area contributed by atoms with Crippen LogP contribution in [0.5, 0.6) is 0 Å². The zero-order valence-corrected chi connectivity index (χ0v) is 11.6. The summed E-state index contributed by atoms with van der Waals surface area (Å²) in [7, 11) is 2.18. The molecule has 1 aliphatic heterocycles. The highest BCUT2D eigenvalue weighted by atomic mass is 15.1. The Balaban J connectivity index is 2.21. The van der Waals surface area contributed by atoms with Crippen LogP contribution >= 0.6 is 0 Å². The highest BCUT2D eigenvalue weighted by Gasteiger charge is 2.21. The number of hydrogen-bond donors (Lipinski definition) is 0. The van der Waals surface area contributed by atoms with Crippen LogP contribution in [-0.4, -0.2) is 23.1 Å². The first kappa shape index (κ1) is 12.3. The number of fused-ring (bicyclic) bond motifs is 3. The van der Waals surface area contributed by atoms with Gasteiger partial charge in [-0.15, -0.1) is 0 Å². The van der Waals surface area contributed by atoms with Gasteiger partial charge in [-0.2, -0.15) is 5.26 Å². The molecule has 1 aliphatic rings. The summed E-state index contributed by atoms with van der Waals surface area (Å²) in [5.74, 6) is 0. The molecular formula is C16H19N3. The number of benzene rings is 1. The van der Waals surface area contributed by atoms with Gasteiger partial charge in [0.05, 0.1) is 12.5 Å². The van der Waals surface area contributed by atoms with E-state index in [1.807, 2.05) is 0 Å². The van der Waals surface area contributed by atoms with E-state index in [2.05, 4.69) is 47.7 Å². The molecule has 2 aromatic rings. The first-order chi connectivity index (χ1) is 9.20. The van der Waals surface area contributed by atoms with Crippen LogP contribution in [0.3, 0.4) is 0 Å². The SMILES string of the molecule is Cc1ccc2c(c1)c1c(n2CCC#N)CCN(C)C1. The molecule has 0 unspecified atom stereocenters. The van der Waals surface area contributed by atoms with Crippen molar-refractivity contribution in [1.29, 1.82) is 5.26 Å². The summed E-state index contributed by atoms with van der Waals surface area (Å²) in [5.41, 5.74) is 5.50. The molecule has 0 N–H and O–H groups in total. The summed E-state index contributed by atoms with van der Waals surface area (Å²) in [6, 6.07) is 8.93. The van der Waals surface area contributed by atoms with Crippen molar-refractivity contribution in [2.24, 2.45) is 0 Å². The second-order valence-electron chi connectivity index (χ2n) is 5.49. The highest BCUT2D eigenvalue weighted by molar-refractivity contribution is 5.86. The molecule has 0 bridgehead atoms. The third-order valence-electron chi connectivity index (χ3n) is 4.05. The molecule has 3 heteroatoms. The number of rotatable bonds is 2. The topological polar surface area (TPSA) is 32.0 Å². The molecule has 3 rings (SSSR count).